The summed E-state index contributed by atoms with van der Waals surface area (Å²) in [5, 5.41) is 14.1. The van der Waals surface area contributed by atoms with E-state index < -0.39 is 6.10 Å². The monoisotopic (exact) mass is 335 g/mol. The predicted octanol–water partition coefficient (Wildman–Crippen LogP) is 1.27. The number of nitrogens with zero attached hydrogens (tertiary/aromatic N) is 3. The van der Waals surface area contributed by atoms with Gasteiger partial charge in [0.1, 0.15) is 18.1 Å². The van der Waals surface area contributed by atoms with E-state index in [9.17, 15) is 5.11 Å². The van der Waals surface area contributed by atoms with Crippen LogP contribution in [0.15, 0.2) is 33.4 Å². The quantitative estimate of drug-likeness (QED) is 0.778. The van der Waals surface area contributed by atoms with Crippen molar-refractivity contribution in [1.82, 2.24) is 15.0 Å². The first-order valence-electron chi connectivity index (χ1n) is 8.34. The topological polar surface area (TPSA) is 75.1 Å². The highest BCUT2D eigenvalue weighted by atomic mass is 16.5. The summed E-state index contributed by atoms with van der Waals surface area (Å²) in [4.78, 5) is 4.62. The number of aromatic nitrogens is 1. The van der Waals surface area contributed by atoms with Crippen molar-refractivity contribution < 1.29 is 18.8 Å². The van der Waals surface area contributed by atoms with Crippen molar-refractivity contribution >= 4 is 0 Å². The van der Waals surface area contributed by atoms with Crippen LogP contribution in [0.3, 0.4) is 0 Å². The van der Waals surface area contributed by atoms with Crippen LogP contribution in [0.2, 0.25) is 0 Å². The highest BCUT2D eigenvalue weighted by molar-refractivity contribution is 5.03. The van der Waals surface area contributed by atoms with Crippen molar-refractivity contribution in [2.45, 2.75) is 26.2 Å². The van der Waals surface area contributed by atoms with Crippen LogP contribution in [0.1, 0.15) is 17.2 Å². The van der Waals surface area contributed by atoms with Gasteiger partial charge in [-0.3, -0.25) is 9.80 Å². The van der Waals surface area contributed by atoms with Gasteiger partial charge in [0.25, 0.3) is 0 Å². The smallest absolute Gasteiger partial charge is 0.133 e. The van der Waals surface area contributed by atoms with Crippen LogP contribution < -0.4 is 0 Å². The van der Waals surface area contributed by atoms with E-state index in [1.807, 2.05) is 25.1 Å². The molecule has 0 amide bonds. The molecular formula is C17H25N3O4. The molecule has 1 aliphatic rings. The van der Waals surface area contributed by atoms with E-state index in [4.69, 9.17) is 13.7 Å². The molecule has 0 aliphatic carbocycles. The van der Waals surface area contributed by atoms with Gasteiger partial charge in [-0.15, -0.1) is 0 Å². The van der Waals surface area contributed by atoms with Gasteiger partial charge >= 0.3 is 0 Å². The summed E-state index contributed by atoms with van der Waals surface area (Å²) in [5.74, 6) is 1.63. The fourth-order valence-corrected chi connectivity index (χ4v) is 2.89. The number of aryl methyl sites for hydroxylation is 1. The van der Waals surface area contributed by atoms with E-state index in [-0.39, 0.29) is 0 Å². The molecule has 1 N–H and O–H groups in total. The normalized spacial score (nSPS) is 18.1. The number of furan rings is 1. The van der Waals surface area contributed by atoms with Crippen LogP contribution in [-0.4, -0.2) is 65.5 Å². The Balaban J connectivity index is 1.31. The molecule has 0 unspecified atom stereocenters. The van der Waals surface area contributed by atoms with Gasteiger partial charge in [0.05, 0.1) is 24.7 Å². The molecule has 132 valence electrons. The second-order valence-electron chi connectivity index (χ2n) is 6.25. The molecule has 1 aliphatic heterocycles. The molecule has 0 aromatic carbocycles. The molecule has 3 heterocycles. The fraction of sp³-hybridized carbons (Fsp3) is 0.588. The minimum Gasteiger partial charge on any atom is -0.467 e. The number of aliphatic hydroxyl groups excluding tert-OH is 1. The number of hydrogen-bond donors (Lipinski definition) is 1. The van der Waals surface area contributed by atoms with Crippen LogP contribution in [0.5, 0.6) is 0 Å². The Hall–Kier alpha value is -1.67. The number of hydrogen-bond acceptors (Lipinski definition) is 7. The van der Waals surface area contributed by atoms with E-state index in [2.05, 4.69) is 15.0 Å². The van der Waals surface area contributed by atoms with Gasteiger partial charge in [-0.1, -0.05) is 5.16 Å². The first-order chi connectivity index (χ1) is 11.7. The zero-order chi connectivity index (χ0) is 16.8. The van der Waals surface area contributed by atoms with Gasteiger partial charge in [-0.2, -0.15) is 0 Å². The number of aliphatic hydroxyl groups is 1. The highest BCUT2D eigenvalue weighted by Crippen LogP contribution is 2.10. The van der Waals surface area contributed by atoms with Crippen LogP contribution in [-0.2, 0) is 17.9 Å². The van der Waals surface area contributed by atoms with E-state index in [0.29, 0.717) is 19.8 Å². The standard InChI is InChI=1S/C17H25N3O4/c1-14-9-15(18-24-14)10-19-4-6-20(7-5-19)11-16(21)12-22-13-17-3-2-8-23-17/h2-3,8-9,16,21H,4-7,10-13H2,1H3/t16-/m0/s1. The Bertz CT molecular complexity index is 591. The predicted molar refractivity (Wildman–Crippen MR) is 87.3 cm³/mol. The Morgan fingerprint density at radius 1 is 1.29 bits per heavy atom. The Morgan fingerprint density at radius 2 is 2.08 bits per heavy atom. The van der Waals surface area contributed by atoms with E-state index in [0.717, 1.165) is 49.9 Å². The zero-order valence-corrected chi connectivity index (χ0v) is 14.1. The fourth-order valence-electron chi connectivity index (χ4n) is 2.89. The zero-order valence-electron chi connectivity index (χ0n) is 14.1. The first kappa shape index (κ1) is 17.2. The number of piperazine rings is 1. The summed E-state index contributed by atoms with van der Waals surface area (Å²) in [5.41, 5.74) is 0.979. The minimum atomic E-state index is -0.482. The van der Waals surface area contributed by atoms with Crippen LogP contribution in [0, 0.1) is 6.92 Å². The number of rotatable bonds is 8. The summed E-state index contributed by atoms with van der Waals surface area (Å²) < 4.78 is 15.8. The molecule has 3 rings (SSSR count). The molecule has 24 heavy (non-hydrogen) atoms. The van der Waals surface area contributed by atoms with Crippen molar-refractivity contribution in [3.8, 4) is 0 Å². The lowest BCUT2D eigenvalue weighted by Crippen LogP contribution is -2.48. The Morgan fingerprint density at radius 3 is 2.75 bits per heavy atom. The Labute approximate surface area is 141 Å². The first-order valence-corrected chi connectivity index (χ1v) is 8.34. The van der Waals surface area contributed by atoms with Gasteiger partial charge in [0, 0.05) is 45.3 Å². The molecule has 1 fully saturated rings. The largest absolute Gasteiger partial charge is 0.467 e. The third-order valence-corrected chi connectivity index (χ3v) is 4.13. The molecule has 0 radical (unpaired) electrons. The lowest BCUT2D eigenvalue weighted by Gasteiger charge is -2.35. The van der Waals surface area contributed by atoms with Crippen molar-refractivity contribution in [3.05, 3.63) is 41.7 Å². The van der Waals surface area contributed by atoms with E-state index >= 15 is 0 Å². The average molecular weight is 335 g/mol. The van der Waals surface area contributed by atoms with Crippen molar-refractivity contribution in [1.29, 1.82) is 0 Å². The average Bonchev–Trinajstić information content (AvgIpc) is 3.21. The van der Waals surface area contributed by atoms with E-state index in [1.54, 1.807) is 6.26 Å². The van der Waals surface area contributed by atoms with Crippen molar-refractivity contribution in [3.63, 3.8) is 0 Å². The molecule has 0 saturated carbocycles. The third-order valence-electron chi connectivity index (χ3n) is 4.13. The van der Waals surface area contributed by atoms with Crippen molar-refractivity contribution in [2.75, 3.05) is 39.3 Å². The van der Waals surface area contributed by atoms with Crippen LogP contribution >= 0.6 is 0 Å². The molecule has 1 saturated heterocycles. The number of β-amino-alcohol motifs (C(OH)–C–C–N with tert-alkyl or cyclic N) is 1. The van der Waals surface area contributed by atoms with Crippen molar-refractivity contribution in [2.24, 2.45) is 0 Å². The molecule has 7 heteroatoms. The summed E-state index contributed by atoms with van der Waals surface area (Å²) in [6, 6.07) is 5.67. The van der Waals surface area contributed by atoms with Gasteiger partial charge < -0.3 is 18.8 Å². The molecule has 2 aromatic heterocycles. The van der Waals surface area contributed by atoms with E-state index in [1.165, 1.54) is 0 Å². The third kappa shape index (κ3) is 5.17. The lowest BCUT2D eigenvalue weighted by atomic mass is 10.2. The number of ether oxygens (including phenoxy) is 1. The summed E-state index contributed by atoms with van der Waals surface area (Å²) in [6.07, 6.45) is 1.14. The lowest BCUT2D eigenvalue weighted by molar-refractivity contribution is -0.00319. The molecular weight excluding hydrogens is 310 g/mol. The van der Waals surface area contributed by atoms with Crippen LogP contribution in [0.25, 0.3) is 0 Å². The summed E-state index contributed by atoms with van der Waals surface area (Å²) in [6.45, 7) is 7.88. The van der Waals surface area contributed by atoms with Crippen LogP contribution in [0.4, 0.5) is 0 Å². The maximum absolute atomic E-state index is 10.1. The maximum Gasteiger partial charge on any atom is 0.133 e. The molecule has 1 atom stereocenters. The second kappa shape index (κ2) is 8.43. The minimum absolute atomic E-state index is 0.319. The van der Waals surface area contributed by atoms with Gasteiger partial charge in [-0.05, 0) is 19.1 Å². The molecule has 7 nitrogen and oxygen atoms in total. The summed E-state index contributed by atoms with van der Waals surface area (Å²) in [7, 11) is 0. The molecule has 2 aromatic rings. The SMILES string of the molecule is Cc1cc(CN2CCN(C[C@H](O)COCc3ccco3)CC2)no1. The molecule has 0 spiro atoms. The van der Waals surface area contributed by atoms with Gasteiger partial charge in [-0.25, -0.2) is 0 Å². The highest BCUT2D eigenvalue weighted by Gasteiger charge is 2.20. The second-order valence-corrected chi connectivity index (χ2v) is 6.25. The Kier molecular flexibility index (Phi) is 6.03. The van der Waals surface area contributed by atoms with Gasteiger partial charge in [0.15, 0.2) is 0 Å². The molecule has 0 bridgehead atoms. The maximum atomic E-state index is 10.1. The van der Waals surface area contributed by atoms with Gasteiger partial charge in [0.2, 0.25) is 0 Å². The summed E-state index contributed by atoms with van der Waals surface area (Å²) >= 11 is 0.